The Kier molecular flexibility index (Phi) is 3.42. The lowest BCUT2D eigenvalue weighted by Gasteiger charge is -2.04. The summed E-state index contributed by atoms with van der Waals surface area (Å²) in [6.07, 6.45) is -3.30. The van der Waals surface area contributed by atoms with Crippen LogP contribution in [0.4, 0.5) is 13.2 Å². The minimum Gasteiger partial charge on any atom is -0.375 e. The Hall–Kier alpha value is -0.510. The lowest BCUT2D eigenvalue weighted by atomic mass is 10.3. The van der Waals surface area contributed by atoms with Gasteiger partial charge in [0.1, 0.15) is 0 Å². The number of ether oxygens (including phenoxy) is 1. The molecule has 0 amide bonds. The maximum Gasteiger partial charge on any atom is 0.412 e. The summed E-state index contributed by atoms with van der Waals surface area (Å²) >= 11 is 0. The van der Waals surface area contributed by atoms with E-state index in [-0.39, 0.29) is 6.61 Å². The molecular formula is C6H8F3O. The molecule has 0 fully saturated rings. The lowest BCUT2D eigenvalue weighted by molar-refractivity contribution is -0.0918. The van der Waals surface area contributed by atoms with Crippen molar-refractivity contribution >= 4 is 0 Å². The van der Waals surface area contributed by atoms with E-state index < -0.39 is 11.7 Å². The summed E-state index contributed by atoms with van der Waals surface area (Å²) in [4.78, 5) is 0. The molecule has 0 bridgehead atoms. The van der Waals surface area contributed by atoms with E-state index in [0.717, 1.165) is 13.0 Å². The van der Waals surface area contributed by atoms with E-state index in [1.807, 2.05) is 0 Å². The van der Waals surface area contributed by atoms with Crippen LogP contribution in [-0.4, -0.2) is 12.8 Å². The van der Waals surface area contributed by atoms with Crippen molar-refractivity contribution in [2.24, 2.45) is 0 Å². The molecule has 0 heterocycles. The maximum atomic E-state index is 11.6. The molecule has 0 aromatic rings. The molecule has 0 atom stereocenters. The molecule has 0 rings (SSSR count). The Balaban J connectivity index is 3.93. The van der Waals surface area contributed by atoms with Crippen molar-refractivity contribution in [3.63, 3.8) is 0 Å². The summed E-state index contributed by atoms with van der Waals surface area (Å²) in [5.41, 5.74) is -0.656. The minimum atomic E-state index is -4.24. The van der Waals surface area contributed by atoms with Gasteiger partial charge >= 0.3 is 6.18 Å². The predicted molar refractivity (Wildman–Crippen MR) is 31.1 cm³/mol. The van der Waals surface area contributed by atoms with E-state index in [0.29, 0.717) is 0 Å². The van der Waals surface area contributed by atoms with Gasteiger partial charge in [-0.25, -0.2) is 0 Å². The van der Waals surface area contributed by atoms with Crippen LogP contribution in [0, 0.1) is 7.11 Å². The molecule has 0 aliphatic rings. The largest absolute Gasteiger partial charge is 0.412 e. The van der Waals surface area contributed by atoms with Gasteiger partial charge in [0, 0.05) is 5.57 Å². The fraction of sp³-hybridized carbons (Fsp3) is 0.500. The number of halogens is 3. The smallest absolute Gasteiger partial charge is 0.375 e. The third kappa shape index (κ3) is 3.50. The highest BCUT2D eigenvalue weighted by atomic mass is 19.4. The first-order valence-corrected chi connectivity index (χ1v) is 2.59. The van der Waals surface area contributed by atoms with Crippen molar-refractivity contribution < 1.29 is 17.9 Å². The van der Waals surface area contributed by atoms with Crippen molar-refractivity contribution in [1.29, 1.82) is 0 Å². The van der Waals surface area contributed by atoms with E-state index in [1.54, 1.807) is 0 Å². The van der Waals surface area contributed by atoms with Crippen LogP contribution in [0.1, 0.15) is 6.92 Å². The zero-order valence-electron chi connectivity index (χ0n) is 5.53. The second-order valence-corrected chi connectivity index (χ2v) is 1.76. The SMILES string of the molecule is [CH2]OC/C=C(/C)C(F)(F)F. The number of hydrogen-bond acceptors (Lipinski definition) is 1. The summed E-state index contributed by atoms with van der Waals surface area (Å²) in [5.74, 6) is 0. The van der Waals surface area contributed by atoms with E-state index in [2.05, 4.69) is 11.8 Å². The monoisotopic (exact) mass is 153 g/mol. The lowest BCUT2D eigenvalue weighted by Crippen LogP contribution is -2.09. The van der Waals surface area contributed by atoms with Crippen molar-refractivity contribution in [3.8, 4) is 0 Å². The van der Waals surface area contributed by atoms with Crippen LogP contribution in [-0.2, 0) is 4.74 Å². The first kappa shape index (κ1) is 9.49. The van der Waals surface area contributed by atoms with Gasteiger partial charge in [0.15, 0.2) is 0 Å². The fourth-order valence-corrected chi connectivity index (χ4v) is 0.300. The van der Waals surface area contributed by atoms with Crippen LogP contribution >= 0.6 is 0 Å². The van der Waals surface area contributed by atoms with E-state index in [1.165, 1.54) is 0 Å². The van der Waals surface area contributed by atoms with Gasteiger partial charge in [0.2, 0.25) is 0 Å². The molecule has 4 heteroatoms. The van der Waals surface area contributed by atoms with Gasteiger partial charge in [0.25, 0.3) is 0 Å². The molecule has 0 unspecified atom stereocenters. The first-order valence-electron chi connectivity index (χ1n) is 2.59. The fourth-order valence-electron chi connectivity index (χ4n) is 0.300. The Bertz CT molecular complexity index is 125. The van der Waals surface area contributed by atoms with Crippen molar-refractivity contribution in [2.45, 2.75) is 13.1 Å². The standard InChI is InChI=1S/C6H8F3O/c1-5(3-4-10-2)6(7,8)9/h3H,2,4H2,1H3/b5-3-. The third-order valence-electron chi connectivity index (χ3n) is 0.955. The average molecular weight is 153 g/mol. The Morgan fingerprint density at radius 1 is 1.60 bits per heavy atom. The molecule has 1 radical (unpaired) electrons. The summed E-state index contributed by atoms with van der Waals surface area (Å²) < 4.78 is 39.1. The second-order valence-electron chi connectivity index (χ2n) is 1.76. The second kappa shape index (κ2) is 3.61. The maximum absolute atomic E-state index is 11.6. The van der Waals surface area contributed by atoms with Crippen molar-refractivity contribution in [2.75, 3.05) is 6.61 Å². The van der Waals surface area contributed by atoms with Crippen LogP contribution in [0.25, 0.3) is 0 Å². The highest BCUT2D eigenvalue weighted by Crippen LogP contribution is 2.24. The molecule has 59 valence electrons. The molecular weight excluding hydrogens is 145 g/mol. The van der Waals surface area contributed by atoms with Gasteiger partial charge in [-0.1, -0.05) is 6.08 Å². The Morgan fingerprint density at radius 2 is 2.10 bits per heavy atom. The third-order valence-corrected chi connectivity index (χ3v) is 0.955. The quantitative estimate of drug-likeness (QED) is 0.553. The van der Waals surface area contributed by atoms with E-state index in [4.69, 9.17) is 0 Å². The van der Waals surface area contributed by atoms with Gasteiger partial charge in [-0.2, -0.15) is 13.2 Å². The van der Waals surface area contributed by atoms with Gasteiger partial charge in [0.05, 0.1) is 13.7 Å². The Morgan fingerprint density at radius 3 is 2.40 bits per heavy atom. The zero-order chi connectivity index (χ0) is 8.20. The molecule has 0 N–H and O–H groups in total. The van der Waals surface area contributed by atoms with Gasteiger partial charge < -0.3 is 4.74 Å². The van der Waals surface area contributed by atoms with Gasteiger partial charge in [-0.15, -0.1) is 0 Å². The van der Waals surface area contributed by atoms with Crippen molar-refractivity contribution in [3.05, 3.63) is 18.8 Å². The number of alkyl halides is 3. The summed E-state index contributed by atoms with van der Waals surface area (Å²) in [6, 6.07) is 0. The number of rotatable bonds is 2. The van der Waals surface area contributed by atoms with Crippen LogP contribution in [0.2, 0.25) is 0 Å². The molecule has 10 heavy (non-hydrogen) atoms. The molecule has 0 aliphatic carbocycles. The van der Waals surface area contributed by atoms with Gasteiger partial charge in [-0.3, -0.25) is 0 Å². The highest BCUT2D eigenvalue weighted by molar-refractivity contribution is 5.04. The molecule has 0 aromatic carbocycles. The molecule has 1 nitrogen and oxygen atoms in total. The van der Waals surface area contributed by atoms with Crippen LogP contribution in [0.5, 0.6) is 0 Å². The Labute approximate surface area is 57.5 Å². The normalized spacial score (nSPS) is 13.9. The predicted octanol–water partition coefficient (Wildman–Crippen LogP) is 2.30. The highest BCUT2D eigenvalue weighted by Gasteiger charge is 2.29. The van der Waals surface area contributed by atoms with Crippen molar-refractivity contribution in [1.82, 2.24) is 0 Å². The van der Waals surface area contributed by atoms with Crippen LogP contribution in [0.3, 0.4) is 0 Å². The molecule has 0 aromatic heterocycles. The first-order chi connectivity index (χ1) is 4.48. The molecule has 0 spiro atoms. The number of hydrogen-bond donors (Lipinski definition) is 0. The molecule has 0 saturated carbocycles. The topological polar surface area (TPSA) is 9.23 Å². The van der Waals surface area contributed by atoms with Crippen LogP contribution in [0.15, 0.2) is 11.6 Å². The zero-order valence-corrected chi connectivity index (χ0v) is 5.53. The van der Waals surface area contributed by atoms with E-state index in [9.17, 15) is 13.2 Å². The summed E-state index contributed by atoms with van der Waals surface area (Å²) in [7, 11) is 2.93. The van der Waals surface area contributed by atoms with E-state index >= 15 is 0 Å². The average Bonchev–Trinajstić information content (AvgIpc) is 1.80. The number of allylic oxidation sites excluding steroid dienone is 1. The molecule has 0 aliphatic heterocycles. The minimum absolute atomic E-state index is 0.106. The summed E-state index contributed by atoms with van der Waals surface area (Å²) in [6.45, 7) is 0.879. The summed E-state index contributed by atoms with van der Waals surface area (Å²) in [5, 5.41) is 0. The van der Waals surface area contributed by atoms with Crippen LogP contribution < -0.4 is 0 Å². The van der Waals surface area contributed by atoms with Gasteiger partial charge in [-0.05, 0) is 6.92 Å². The molecule has 0 saturated heterocycles.